The fourth-order valence-electron chi connectivity index (χ4n) is 2.77. The lowest BCUT2D eigenvalue weighted by Crippen LogP contribution is -2.40. The summed E-state index contributed by atoms with van der Waals surface area (Å²) in [6.45, 7) is 6.97. The lowest BCUT2D eigenvalue weighted by Gasteiger charge is -2.20. The Labute approximate surface area is 131 Å². The Bertz CT molecular complexity index is 273. The first kappa shape index (κ1) is 18.4. The predicted octanol–water partition coefficient (Wildman–Crippen LogP) is 2.54. The molecule has 0 aromatic carbocycles. The van der Waals surface area contributed by atoms with E-state index >= 15 is 0 Å². The molecular formula is C17H35N3O. The van der Waals surface area contributed by atoms with Gasteiger partial charge in [0.05, 0.1) is 6.54 Å². The molecule has 0 heterocycles. The van der Waals surface area contributed by atoms with Gasteiger partial charge in [0, 0.05) is 12.1 Å². The molecule has 2 N–H and O–H groups in total. The first-order valence-corrected chi connectivity index (χ1v) is 8.80. The van der Waals surface area contributed by atoms with Crippen molar-refractivity contribution in [2.24, 2.45) is 0 Å². The number of nitrogens with one attached hydrogen (secondary N) is 2. The zero-order valence-electron chi connectivity index (χ0n) is 14.3. The van der Waals surface area contributed by atoms with Crippen LogP contribution in [0, 0.1) is 0 Å². The molecule has 124 valence electrons. The Kier molecular flexibility index (Phi) is 9.68. The quantitative estimate of drug-likeness (QED) is 0.508. The number of unbranched alkanes of at least 4 members (excludes halogenated alkanes) is 1. The minimum absolute atomic E-state index is 0.168. The van der Waals surface area contributed by atoms with Crippen molar-refractivity contribution in [2.75, 3.05) is 26.7 Å². The van der Waals surface area contributed by atoms with Crippen LogP contribution in [0.3, 0.4) is 0 Å². The minimum atomic E-state index is 0.168. The number of hydrogen-bond donors (Lipinski definition) is 2. The van der Waals surface area contributed by atoms with E-state index in [4.69, 9.17) is 0 Å². The van der Waals surface area contributed by atoms with E-state index < -0.39 is 0 Å². The van der Waals surface area contributed by atoms with Crippen LogP contribution in [0.2, 0.25) is 0 Å². The van der Waals surface area contributed by atoms with Crippen molar-refractivity contribution in [1.29, 1.82) is 0 Å². The summed E-state index contributed by atoms with van der Waals surface area (Å²) < 4.78 is 0. The maximum atomic E-state index is 11.9. The second-order valence-corrected chi connectivity index (χ2v) is 6.71. The molecule has 4 nitrogen and oxygen atoms in total. The molecule has 0 aliphatic heterocycles. The molecule has 0 aromatic rings. The van der Waals surface area contributed by atoms with Crippen LogP contribution in [0.4, 0.5) is 0 Å². The highest BCUT2D eigenvalue weighted by Crippen LogP contribution is 2.16. The summed E-state index contributed by atoms with van der Waals surface area (Å²) in [6, 6.07) is 1.03. The van der Waals surface area contributed by atoms with Crippen LogP contribution in [0.15, 0.2) is 0 Å². The summed E-state index contributed by atoms with van der Waals surface area (Å²) in [5, 5.41) is 6.44. The number of carbonyl (C=O) groups is 1. The largest absolute Gasteiger partial charge is 0.352 e. The lowest BCUT2D eigenvalue weighted by molar-refractivity contribution is -0.121. The maximum Gasteiger partial charge on any atom is 0.234 e. The third-order valence-corrected chi connectivity index (χ3v) is 4.50. The van der Waals surface area contributed by atoms with Crippen molar-refractivity contribution in [2.45, 2.75) is 77.3 Å². The molecular weight excluding hydrogens is 262 g/mol. The predicted molar refractivity (Wildman–Crippen MR) is 89.5 cm³/mol. The van der Waals surface area contributed by atoms with Gasteiger partial charge in [0.25, 0.3) is 0 Å². The number of hydrogen-bond acceptors (Lipinski definition) is 3. The van der Waals surface area contributed by atoms with Gasteiger partial charge in [-0.25, -0.2) is 0 Å². The van der Waals surface area contributed by atoms with Crippen molar-refractivity contribution in [3.8, 4) is 0 Å². The Hall–Kier alpha value is -0.610. The van der Waals surface area contributed by atoms with Gasteiger partial charge in [-0.1, -0.05) is 25.7 Å². The van der Waals surface area contributed by atoms with Crippen molar-refractivity contribution >= 4 is 5.91 Å². The molecule has 0 spiro atoms. The van der Waals surface area contributed by atoms with Crippen LogP contribution in [-0.2, 0) is 4.79 Å². The standard InChI is InChI=1S/C17H35N3O/c1-15(2)20(3)13-9-8-12-18-14-17(21)19-16-10-6-4-5-7-11-16/h15-16,18H,4-14H2,1-3H3,(H,19,21). The molecule has 1 aliphatic carbocycles. The van der Waals surface area contributed by atoms with Crippen molar-refractivity contribution in [3.63, 3.8) is 0 Å². The third kappa shape index (κ3) is 9.10. The molecule has 1 fully saturated rings. The monoisotopic (exact) mass is 297 g/mol. The molecule has 0 saturated heterocycles. The SMILES string of the molecule is CC(C)N(C)CCCCNCC(=O)NC1CCCCCC1. The molecule has 0 unspecified atom stereocenters. The van der Waals surface area contributed by atoms with Crippen LogP contribution in [0.1, 0.15) is 65.2 Å². The van der Waals surface area contributed by atoms with E-state index in [2.05, 4.69) is 36.4 Å². The molecule has 0 radical (unpaired) electrons. The van der Waals surface area contributed by atoms with Crippen LogP contribution >= 0.6 is 0 Å². The molecule has 1 saturated carbocycles. The van der Waals surface area contributed by atoms with Gasteiger partial charge in [-0.3, -0.25) is 4.79 Å². The Morgan fingerprint density at radius 1 is 1.14 bits per heavy atom. The molecule has 4 heteroatoms. The van der Waals surface area contributed by atoms with Gasteiger partial charge in [-0.15, -0.1) is 0 Å². The molecule has 1 rings (SSSR count). The Morgan fingerprint density at radius 3 is 2.43 bits per heavy atom. The average molecular weight is 297 g/mol. The summed E-state index contributed by atoms with van der Waals surface area (Å²) in [6.07, 6.45) is 9.83. The van der Waals surface area contributed by atoms with E-state index in [0.717, 1.165) is 32.4 Å². The lowest BCUT2D eigenvalue weighted by atomic mass is 10.1. The summed E-state index contributed by atoms with van der Waals surface area (Å²) in [5.74, 6) is 0.168. The molecule has 1 amide bonds. The number of rotatable bonds is 9. The van der Waals surface area contributed by atoms with E-state index in [1.807, 2.05) is 0 Å². The topological polar surface area (TPSA) is 44.4 Å². The first-order chi connectivity index (χ1) is 10.1. The number of amides is 1. The van der Waals surface area contributed by atoms with E-state index in [0.29, 0.717) is 18.6 Å². The van der Waals surface area contributed by atoms with E-state index in [1.54, 1.807) is 0 Å². The molecule has 1 aliphatic rings. The number of carbonyl (C=O) groups excluding carboxylic acids is 1. The van der Waals surface area contributed by atoms with Gasteiger partial charge < -0.3 is 15.5 Å². The highest BCUT2D eigenvalue weighted by atomic mass is 16.1. The zero-order chi connectivity index (χ0) is 15.5. The zero-order valence-corrected chi connectivity index (χ0v) is 14.3. The Balaban J connectivity index is 1.98. The average Bonchev–Trinajstić information content (AvgIpc) is 2.70. The van der Waals surface area contributed by atoms with E-state index in [9.17, 15) is 4.79 Å². The minimum Gasteiger partial charge on any atom is -0.352 e. The maximum absolute atomic E-state index is 11.9. The van der Waals surface area contributed by atoms with Gasteiger partial charge >= 0.3 is 0 Å². The van der Waals surface area contributed by atoms with Crippen LogP contribution in [0.5, 0.6) is 0 Å². The highest BCUT2D eigenvalue weighted by molar-refractivity contribution is 5.78. The van der Waals surface area contributed by atoms with Crippen LogP contribution in [-0.4, -0.2) is 49.6 Å². The van der Waals surface area contributed by atoms with Gasteiger partial charge in [0.1, 0.15) is 0 Å². The number of nitrogens with zero attached hydrogens (tertiary/aromatic N) is 1. The molecule has 0 aromatic heterocycles. The summed E-state index contributed by atoms with van der Waals surface area (Å²) in [4.78, 5) is 14.2. The second kappa shape index (κ2) is 11.0. The summed E-state index contributed by atoms with van der Waals surface area (Å²) in [7, 11) is 2.16. The third-order valence-electron chi connectivity index (χ3n) is 4.50. The first-order valence-electron chi connectivity index (χ1n) is 8.80. The van der Waals surface area contributed by atoms with Gasteiger partial charge in [0.2, 0.25) is 5.91 Å². The van der Waals surface area contributed by atoms with Crippen LogP contribution < -0.4 is 10.6 Å². The van der Waals surface area contributed by atoms with Gasteiger partial charge in [-0.2, -0.15) is 0 Å². The summed E-state index contributed by atoms with van der Waals surface area (Å²) in [5.41, 5.74) is 0. The fourth-order valence-corrected chi connectivity index (χ4v) is 2.77. The van der Waals surface area contributed by atoms with Gasteiger partial charge in [0.15, 0.2) is 0 Å². The smallest absolute Gasteiger partial charge is 0.234 e. The molecule has 21 heavy (non-hydrogen) atoms. The van der Waals surface area contributed by atoms with Crippen LogP contribution in [0.25, 0.3) is 0 Å². The Morgan fingerprint density at radius 2 is 1.81 bits per heavy atom. The highest BCUT2D eigenvalue weighted by Gasteiger charge is 2.14. The summed E-state index contributed by atoms with van der Waals surface area (Å²) >= 11 is 0. The van der Waals surface area contributed by atoms with E-state index in [1.165, 1.54) is 32.1 Å². The molecule has 0 bridgehead atoms. The van der Waals surface area contributed by atoms with Crippen molar-refractivity contribution in [1.82, 2.24) is 15.5 Å². The van der Waals surface area contributed by atoms with Gasteiger partial charge in [-0.05, 0) is 59.7 Å². The second-order valence-electron chi connectivity index (χ2n) is 6.71. The normalized spacial score (nSPS) is 17.2. The van der Waals surface area contributed by atoms with Crippen molar-refractivity contribution < 1.29 is 4.79 Å². The van der Waals surface area contributed by atoms with Crippen molar-refractivity contribution in [3.05, 3.63) is 0 Å². The molecule has 0 atom stereocenters. The fraction of sp³-hybridized carbons (Fsp3) is 0.941. The van der Waals surface area contributed by atoms with E-state index in [-0.39, 0.29) is 5.91 Å².